The van der Waals surface area contributed by atoms with Crippen molar-refractivity contribution in [2.24, 2.45) is 0 Å². The largest absolute Gasteiger partial charge is 0.508 e. The molecule has 1 aromatic carbocycles. The third-order valence-corrected chi connectivity index (χ3v) is 3.50. The van der Waals surface area contributed by atoms with Gasteiger partial charge < -0.3 is 20.3 Å². The minimum atomic E-state index is -1.67. The molecule has 1 heterocycles. The van der Waals surface area contributed by atoms with Gasteiger partial charge in [-0.2, -0.15) is 0 Å². The van der Waals surface area contributed by atoms with Crippen molar-refractivity contribution >= 4 is 44.4 Å². The molecule has 2 rings (SSSR count). The Morgan fingerprint density at radius 1 is 1.00 bits per heavy atom. The van der Waals surface area contributed by atoms with Crippen LogP contribution in [0.2, 0.25) is 0 Å². The Balaban J connectivity index is 0.000000204. The van der Waals surface area contributed by atoms with Crippen molar-refractivity contribution in [3.05, 3.63) is 45.1 Å². The summed E-state index contributed by atoms with van der Waals surface area (Å²) in [5.74, 6) is -0.402. The number of rotatable bonds is 1. The van der Waals surface area contributed by atoms with E-state index in [9.17, 15) is 0 Å². The second-order valence-electron chi connectivity index (χ2n) is 3.91. The first-order valence-corrected chi connectivity index (χ1v) is 7.05. The summed E-state index contributed by atoms with van der Waals surface area (Å²) < 4.78 is 1.92. The van der Waals surface area contributed by atoms with Gasteiger partial charge in [0.25, 0.3) is 0 Å². The molecule has 0 radical (unpaired) electrons. The van der Waals surface area contributed by atoms with Gasteiger partial charge in [0.2, 0.25) is 0 Å². The van der Waals surface area contributed by atoms with E-state index in [0.29, 0.717) is 0 Å². The van der Waals surface area contributed by atoms with Gasteiger partial charge in [-0.05, 0) is 68.0 Å². The molecule has 0 aliphatic carbocycles. The molecule has 8 heteroatoms. The Labute approximate surface area is 133 Å². The lowest BCUT2D eigenvalue weighted by molar-refractivity contribution is 0.422. The lowest BCUT2D eigenvalue weighted by Crippen LogP contribution is -2.29. The number of phenols is 2. The predicted octanol–water partition coefficient (Wildman–Crippen LogP) is 1.69. The van der Waals surface area contributed by atoms with Gasteiger partial charge in [0.1, 0.15) is 16.1 Å². The maximum atomic E-state index is 8.86. The number of phenolic OH excluding ortho intramolecular Hbond substituents is 2. The maximum absolute atomic E-state index is 8.86. The number of halogens is 2. The van der Waals surface area contributed by atoms with Gasteiger partial charge in [0.05, 0.1) is 0 Å². The van der Waals surface area contributed by atoms with Crippen LogP contribution < -0.4 is 5.46 Å². The number of benzene rings is 1. The van der Waals surface area contributed by atoms with Gasteiger partial charge in [-0.25, -0.2) is 4.98 Å². The fourth-order valence-corrected chi connectivity index (χ4v) is 1.93. The molecule has 0 aliphatic heterocycles. The maximum Gasteiger partial charge on any atom is 0.488 e. The van der Waals surface area contributed by atoms with Gasteiger partial charge in [-0.15, -0.1) is 0 Å². The summed E-state index contributed by atoms with van der Waals surface area (Å²) >= 11 is 6.61. The number of hydrogen-bond acceptors (Lipinski definition) is 5. The van der Waals surface area contributed by atoms with Crippen LogP contribution in [0.4, 0.5) is 0 Å². The number of aromatic nitrogens is 1. The van der Waals surface area contributed by atoms with Crippen LogP contribution in [0.3, 0.4) is 0 Å². The van der Waals surface area contributed by atoms with Gasteiger partial charge in [0, 0.05) is 16.7 Å². The van der Waals surface area contributed by atoms with Gasteiger partial charge in [-0.1, -0.05) is 0 Å². The van der Waals surface area contributed by atoms with E-state index < -0.39 is 7.12 Å². The van der Waals surface area contributed by atoms with Crippen LogP contribution in [-0.4, -0.2) is 32.4 Å². The molecule has 0 fully saturated rings. The van der Waals surface area contributed by atoms with Crippen LogP contribution in [0.5, 0.6) is 11.5 Å². The van der Waals surface area contributed by atoms with Crippen molar-refractivity contribution in [1.29, 1.82) is 0 Å². The Hall–Kier alpha value is -1.09. The van der Waals surface area contributed by atoms with E-state index in [1.165, 1.54) is 5.56 Å². The molecule has 0 amide bonds. The van der Waals surface area contributed by atoms with E-state index in [-0.39, 0.29) is 17.0 Å². The van der Waals surface area contributed by atoms with Gasteiger partial charge in [0.15, 0.2) is 0 Å². The van der Waals surface area contributed by atoms with E-state index in [0.717, 1.165) is 27.3 Å². The fourth-order valence-electron chi connectivity index (χ4n) is 1.27. The topological polar surface area (TPSA) is 93.8 Å². The Kier molecular flexibility index (Phi) is 6.48. The molecule has 0 saturated heterocycles. The van der Waals surface area contributed by atoms with Crippen molar-refractivity contribution < 1.29 is 20.3 Å². The standard InChI is InChI=1S/C6H7BO4.C6H5Br2N/c8-5-1-4(7(10)11)2-6(9)3-5;1-4-2-6(8)9-3-5(4)7/h1-3,8-11H;2-3H,1H3. The molecular formula is C12H12BBr2NO4. The summed E-state index contributed by atoms with van der Waals surface area (Å²) in [4.78, 5) is 4.01. The molecular weight excluding hydrogens is 393 g/mol. The van der Waals surface area contributed by atoms with E-state index in [1.807, 2.05) is 13.0 Å². The van der Waals surface area contributed by atoms with Gasteiger partial charge >= 0.3 is 7.12 Å². The summed E-state index contributed by atoms with van der Waals surface area (Å²) in [5.41, 5.74) is 1.25. The zero-order chi connectivity index (χ0) is 15.3. The van der Waals surface area contributed by atoms with Crippen LogP contribution in [-0.2, 0) is 0 Å². The van der Waals surface area contributed by atoms with Gasteiger partial charge in [-0.3, -0.25) is 0 Å². The first kappa shape index (κ1) is 17.0. The van der Waals surface area contributed by atoms with Crippen LogP contribution in [0, 0.1) is 6.92 Å². The first-order chi connectivity index (χ1) is 9.29. The normalized spacial score (nSPS) is 9.65. The molecule has 0 spiro atoms. The highest BCUT2D eigenvalue weighted by atomic mass is 79.9. The number of aryl methyl sites for hydroxylation is 1. The molecule has 5 nitrogen and oxygen atoms in total. The first-order valence-electron chi connectivity index (χ1n) is 5.46. The average molecular weight is 405 g/mol. The Bertz CT molecular complexity index is 575. The van der Waals surface area contributed by atoms with Crippen molar-refractivity contribution in [1.82, 2.24) is 4.98 Å². The van der Waals surface area contributed by atoms with Crippen LogP contribution in [0.15, 0.2) is 39.5 Å². The highest BCUT2D eigenvalue weighted by molar-refractivity contribution is 9.11. The second-order valence-corrected chi connectivity index (χ2v) is 5.58. The highest BCUT2D eigenvalue weighted by Gasteiger charge is 2.12. The molecule has 2 aromatic rings. The monoisotopic (exact) mass is 403 g/mol. The lowest BCUT2D eigenvalue weighted by Gasteiger charge is -2.00. The Morgan fingerprint density at radius 2 is 1.55 bits per heavy atom. The number of pyridine rings is 1. The molecule has 4 N–H and O–H groups in total. The second kappa shape index (κ2) is 7.63. The van der Waals surface area contributed by atoms with Crippen molar-refractivity contribution in [2.75, 3.05) is 0 Å². The predicted molar refractivity (Wildman–Crippen MR) is 84.0 cm³/mol. The average Bonchev–Trinajstić information content (AvgIpc) is 2.34. The summed E-state index contributed by atoms with van der Waals surface area (Å²) in [6, 6.07) is 5.38. The molecule has 0 bridgehead atoms. The summed E-state index contributed by atoms with van der Waals surface area (Å²) in [5, 5.41) is 34.9. The minimum Gasteiger partial charge on any atom is -0.508 e. The minimum absolute atomic E-state index is 0.0579. The number of hydrogen-bond donors (Lipinski definition) is 4. The lowest BCUT2D eigenvalue weighted by atomic mass is 9.80. The molecule has 20 heavy (non-hydrogen) atoms. The van der Waals surface area contributed by atoms with Crippen molar-refractivity contribution in [3.63, 3.8) is 0 Å². The van der Waals surface area contributed by atoms with Crippen molar-refractivity contribution in [2.45, 2.75) is 6.92 Å². The number of aromatic hydroxyl groups is 2. The Morgan fingerprint density at radius 3 is 1.95 bits per heavy atom. The molecule has 0 atom stereocenters. The van der Waals surface area contributed by atoms with Crippen LogP contribution in [0.1, 0.15) is 5.56 Å². The van der Waals surface area contributed by atoms with E-state index in [2.05, 4.69) is 36.8 Å². The number of nitrogens with zero attached hydrogens (tertiary/aromatic N) is 1. The molecule has 1 aromatic heterocycles. The molecule has 0 aliphatic rings. The summed E-state index contributed by atoms with van der Waals surface area (Å²) in [6.45, 7) is 2.02. The highest BCUT2D eigenvalue weighted by Crippen LogP contribution is 2.17. The zero-order valence-electron chi connectivity index (χ0n) is 10.5. The SMILES string of the molecule is Cc1cc(Br)ncc1Br.OB(O)c1cc(O)cc(O)c1. The zero-order valence-corrected chi connectivity index (χ0v) is 13.6. The molecule has 106 valence electrons. The third-order valence-electron chi connectivity index (χ3n) is 2.24. The molecule has 0 saturated carbocycles. The van der Waals surface area contributed by atoms with Crippen LogP contribution >= 0.6 is 31.9 Å². The quantitative estimate of drug-likeness (QED) is 0.429. The summed E-state index contributed by atoms with van der Waals surface area (Å²) in [7, 11) is -1.67. The summed E-state index contributed by atoms with van der Waals surface area (Å²) in [6.07, 6.45) is 1.78. The van der Waals surface area contributed by atoms with Crippen molar-refractivity contribution in [3.8, 4) is 11.5 Å². The smallest absolute Gasteiger partial charge is 0.488 e. The van der Waals surface area contributed by atoms with E-state index in [1.54, 1.807) is 6.20 Å². The van der Waals surface area contributed by atoms with Crippen LogP contribution in [0.25, 0.3) is 0 Å². The molecule has 0 unspecified atom stereocenters. The fraction of sp³-hybridized carbons (Fsp3) is 0.0833. The van der Waals surface area contributed by atoms with E-state index >= 15 is 0 Å². The van der Waals surface area contributed by atoms with E-state index in [4.69, 9.17) is 20.3 Å². The third kappa shape index (κ3) is 5.50.